The third kappa shape index (κ3) is 5.87. The lowest BCUT2D eigenvalue weighted by Crippen LogP contribution is -2.30. The Labute approximate surface area is 110 Å². The van der Waals surface area contributed by atoms with Gasteiger partial charge < -0.3 is 15.2 Å². The topological polar surface area (TPSA) is 46.1 Å². The highest BCUT2D eigenvalue weighted by Crippen LogP contribution is 2.02. The summed E-state index contributed by atoms with van der Waals surface area (Å²) in [6.07, 6.45) is 5.82. The number of hydrogen-bond donors (Lipinski definition) is 2. The number of carbonyl (C=O) groups is 1. The summed E-state index contributed by atoms with van der Waals surface area (Å²) in [4.78, 5) is 11.5. The summed E-state index contributed by atoms with van der Waals surface area (Å²) in [7, 11) is 0. The summed E-state index contributed by atoms with van der Waals surface area (Å²) in [5.41, 5.74) is 1.27. The lowest BCUT2D eigenvalue weighted by atomic mass is 10.3. The molecule has 1 aromatic rings. The number of aryl methyl sites for hydroxylation is 1. The smallest absolute Gasteiger partial charge is 0.221 e. The van der Waals surface area contributed by atoms with Gasteiger partial charge in [-0.15, -0.1) is 0 Å². The van der Waals surface area contributed by atoms with E-state index in [0.717, 1.165) is 26.1 Å². The summed E-state index contributed by atoms with van der Waals surface area (Å²) >= 11 is 0. The third-order valence-corrected chi connectivity index (χ3v) is 2.61. The minimum absolute atomic E-state index is 0.115. The van der Waals surface area contributed by atoms with Crippen LogP contribution in [-0.4, -0.2) is 23.1 Å². The van der Waals surface area contributed by atoms with Gasteiger partial charge in [0.1, 0.15) is 0 Å². The average Bonchev–Trinajstić information content (AvgIpc) is 2.74. The minimum atomic E-state index is 0.115. The minimum Gasteiger partial charge on any atom is -0.354 e. The van der Waals surface area contributed by atoms with Crippen molar-refractivity contribution in [2.24, 2.45) is 0 Å². The van der Waals surface area contributed by atoms with Gasteiger partial charge in [0.2, 0.25) is 5.91 Å². The van der Waals surface area contributed by atoms with Crippen molar-refractivity contribution < 1.29 is 4.79 Å². The summed E-state index contributed by atoms with van der Waals surface area (Å²) in [6.45, 7) is 8.80. The highest BCUT2D eigenvalue weighted by Gasteiger charge is 2.03. The van der Waals surface area contributed by atoms with E-state index in [1.807, 2.05) is 20.0 Å². The Morgan fingerprint density at radius 1 is 1.44 bits per heavy atom. The molecule has 0 aromatic carbocycles. The molecule has 0 unspecified atom stereocenters. The van der Waals surface area contributed by atoms with Gasteiger partial charge in [0.25, 0.3) is 0 Å². The Kier molecular flexibility index (Phi) is 6.50. The van der Waals surface area contributed by atoms with Gasteiger partial charge in [0, 0.05) is 37.9 Å². The van der Waals surface area contributed by atoms with Crippen molar-refractivity contribution in [1.82, 2.24) is 15.2 Å². The van der Waals surface area contributed by atoms with Crippen LogP contribution >= 0.6 is 0 Å². The molecule has 0 atom stereocenters. The number of nitrogens with one attached hydrogen (secondary N) is 2. The standard InChI is InChI=1S/C14H25N3O/c1-4-7-15-10-13-5-8-17(11-13)9-6-14(18)16-12(2)3/h5,8,11-12,15H,4,6-7,9-10H2,1-3H3,(H,16,18). The molecule has 0 aliphatic rings. The number of hydrogen-bond acceptors (Lipinski definition) is 2. The van der Waals surface area contributed by atoms with Gasteiger partial charge in [0.05, 0.1) is 0 Å². The highest BCUT2D eigenvalue weighted by atomic mass is 16.1. The van der Waals surface area contributed by atoms with Crippen molar-refractivity contribution in [2.75, 3.05) is 6.54 Å². The number of amides is 1. The predicted octanol–water partition coefficient (Wildman–Crippen LogP) is 1.90. The second-order valence-corrected chi connectivity index (χ2v) is 4.91. The molecule has 102 valence electrons. The Morgan fingerprint density at radius 3 is 2.89 bits per heavy atom. The fraction of sp³-hybridized carbons (Fsp3) is 0.643. The molecule has 0 radical (unpaired) electrons. The van der Waals surface area contributed by atoms with Gasteiger partial charge in [0.15, 0.2) is 0 Å². The molecular weight excluding hydrogens is 226 g/mol. The van der Waals surface area contributed by atoms with Gasteiger partial charge in [-0.05, 0) is 38.4 Å². The van der Waals surface area contributed by atoms with E-state index >= 15 is 0 Å². The van der Waals surface area contributed by atoms with E-state index in [1.165, 1.54) is 5.56 Å². The van der Waals surface area contributed by atoms with Gasteiger partial charge >= 0.3 is 0 Å². The summed E-state index contributed by atoms with van der Waals surface area (Å²) < 4.78 is 2.07. The molecule has 2 N–H and O–H groups in total. The number of aromatic nitrogens is 1. The summed E-state index contributed by atoms with van der Waals surface area (Å²) in [5, 5.41) is 6.26. The largest absolute Gasteiger partial charge is 0.354 e. The van der Waals surface area contributed by atoms with Crippen LogP contribution in [0.1, 0.15) is 39.2 Å². The van der Waals surface area contributed by atoms with Crippen molar-refractivity contribution in [1.29, 1.82) is 0 Å². The van der Waals surface area contributed by atoms with Gasteiger partial charge in [-0.3, -0.25) is 4.79 Å². The number of nitrogens with zero attached hydrogens (tertiary/aromatic N) is 1. The molecule has 0 saturated carbocycles. The predicted molar refractivity (Wildman–Crippen MR) is 74.3 cm³/mol. The van der Waals surface area contributed by atoms with Gasteiger partial charge in [-0.2, -0.15) is 0 Å². The van der Waals surface area contributed by atoms with E-state index in [0.29, 0.717) is 6.42 Å². The first-order chi connectivity index (χ1) is 8.61. The quantitative estimate of drug-likeness (QED) is 0.693. The molecule has 4 heteroatoms. The molecule has 1 amide bonds. The first-order valence-electron chi connectivity index (χ1n) is 6.76. The molecule has 0 saturated heterocycles. The monoisotopic (exact) mass is 251 g/mol. The zero-order chi connectivity index (χ0) is 13.4. The van der Waals surface area contributed by atoms with Crippen molar-refractivity contribution in [3.63, 3.8) is 0 Å². The molecule has 1 aromatic heterocycles. The molecule has 0 fully saturated rings. The van der Waals surface area contributed by atoms with Gasteiger partial charge in [-0.25, -0.2) is 0 Å². The lowest BCUT2D eigenvalue weighted by molar-refractivity contribution is -0.121. The second kappa shape index (κ2) is 7.93. The van der Waals surface area contributed by atoms with Crippen LogP contribution in [0.2, 0.25) is 0 Å². The van der Waals surface area contributed by atoms with Crippen LogP contribution in [0.5, 0.6) is 0 Å². The maximum absolute atomic E-state index is 11.5. The Hall–Kier alpha value is -1.29. The molecular formula is C14H25N3O. The zero-order valence-corrected chi connectivity index (χ0v) is 11.7. The maximum atomic E-state index is 11.5. The van der Waals surface area contributed by atoms with E-state index in [1.54, 1.807) is 0 Å². The Bertz CT molecular complexity index is 358. The molecule has 1 rings (SSSR count). The fourth-order valence-corrected chi connectivity index (χ4v) is 1.77. The second-order valence-electron chi connectivity index (χ2n) is 4.91. The Morgan fingerprint density at radius 2 is 2.22 bits per heavy atom. The van der Waals surface area contributed by atoms with E-state index in [2.05, 4.69) is 34.4 Å². The molecule has 1 heterocycles. The van der Waals surface area contributed by atoms with Crippen LogP contribution in [0.15, 0.2) is 18.5 Å². The van der Waals surface area contributed by atoms with E-state index in [4.69, 9.17) is 0 Å². The van der Waals surface area contributed by atoms with Crippen molar-refractivity contribution in [3.8, 4) is 0 Å². The molecule has 0 aliphatic carbocycles. The first-order valence-corrected chi connectivity index (χ1v) is 6.76. The molecule has 18 heavy (non-hydrogen) atoms. The van der Waals surface area contributed by atoms with Crippen molar-refractivity contribution in [2.45, 2.75) is 52.7 Å². The highest BCUT2D eigenvalue weighted by molar-refractivity contribution is 5.76. The SMILES string of the molecule is CCCNCc1ccn(CCC(=O)NC(C)C)c1. The van der Waals surface area contributed by atoms with Crippen LogP contribution in [0.4, 0.5) is 0 Å². The van der Waals surface area contributed by atoms with Crippen LogP contribution in [0.3, 0.4) is 0 Å². The number of rotatable bonds is 8. The fourth-order valence-electron chi connectivity index (χ4n) is 1.77. The van der Waals surface area contributed by atoms with E-state index in [9.17, 15) is 4.79 Å². The Balaban J connectivity index is 2.28. The van der Waals surface area contributed by atoms with Crippen LogP contribution in [0, 0.1) is 0 Å². The van der Waals surface area contributed by atoms with Crippen LogP contribution in [-0.2, 0) is 17.9 Å². The average molecular weight is 251 g/mol. The van der Waals surface area contributed by atoms with Crippen LogP contribution < -0.4 is 10.6 Å². The zero-order valence-electron chi connectivity index (χ0n) is 11.7. The molecule has 4 nitrogen and oxygen atoms in total. The van der Waals surface area contributed by atoms with Crippen LogP contribution in [0.25, 0.3) is 0 Å². The van der Waals surface area contributed by atoms with Crippen molar-refractivity contribution in [3.05, 3.63) is 24.0 Å². The molecule has 0 bridgehead atoms. The summed E-state index contributed by atoms with van der Waals surface area (Å²) in [5.74, 6) is 0.115. The number of carbonyl (C=O) groups excluding carboxylic acids is 1. The van der Waals surface area contributed by atoms with Crippen molar-refractivity contribution >= 4 is 5.91 Å². The molecule has 0 aliphatic heterocycles. The lowest BCUT2D eigenvalue weighted by Gasteiger charge is -2.08. The normalized spacial score (nSPS) is 10.9. The van der Waals surface area contributed by atoms with Gasteiger partial charge in [-0.1, -0.05) is 6.92 Å². The van der Waals surface area contributed by atoms with E-state index in [-0.39, 0.29) is 11.9 Å². The molecule has 0 spiro atoms. The van der Waals surface area contributed by atoms with E-state index < -0.39 is 0 Å². The summed E-state index contributed by atoms with van der Waals surface area (Å²) in [6, 6.07) is 2.32. The maximum Gasteiger partial charge on any atom is 0.221 e. The third-order valence-electron chi connectivity index (χ3n) is 2.61. The first kappa shape index (κ1) is 14.8.